The first-order chi connectivity index (χ1) is 10.0. The molecule has 4 nitrogen and oxygen atoms in total. The molecule has 110 valence electrons. The Morgan fingerprint density at radius 1 is 1.00 bits per heavy atom. The highest BCUT2D eigenvalue weighted by molar-refractivity contribution is 7.91. The molecule has 2 aromatic rings. The zero-order valence-electron chi connectivity index (χ0n) is 11.7. The van der Waals surface area contributed by atoms with E-state index in [2.05, 4.69) is 0 Å². The van der Waals surface area contributed by atoms with E-state index < -0.39 is 9.84 Å². The van der Waals surface area contributed by atoms with Crippen molar-refractivity contribution >= 4 is 15.6 Å². The molecular weight excluding hydrogens is 288 g/mol. The van der Waals surface area contributed by atoms with Gasteiger partial charge in [-0.15, -0.1) is 0 Å². The van der Waals surface area contributed by atoms with Gasteiger partial charge in [0.1, 0.15) is 5.75 Å². The summed E-state index contributed by atoms with van der Waals surface area (Å²) in [7, 11) is -1.95. The van der Waals surface area contributed by atoms with Crippen molar-refractivity contribution in [2.24, 2.45) is 0 Å². The van der Waals surface area contributed by atoms with Crippen LogP contribution in [0.2, 0.25) is 0 Å². The molecule has 0 amide bonds. The van der Waals surface area contributed by atoms with Crippen molar-refractivity contribution in [3.8, 4) is 5.75 Å². The van der Waals surface area contributed by atoms with E-state index in [1.54, 1.807) is 36.4 Å². The van der Waals surface area contributed by atoms with Gasteiger partial charge in [0.25, 0.3) is 0 Å². The predicted molar refractivity (Wildman–Crippen MR) is 80.4 cm³/mol. The van der Waals surface area contributed by atoms with Gasteiger partial charge in [0.2, 0.25) is 0 Å². The second-order valence-electron chi connectivity index (χ2n) is 4.53. The number of Topliss-reactive ketones (excluding diaryl/α,β-unsaturated/α-hetero) is 1. The van der Waals surface area contributed by atoms with Crippen LogP contribution in [0, 0.1) is 0 Å². The Balaban J connectivity index is 2.05. The quantitative estimate of drug-likeness (QED) is 0.770. The lowest BCUT2D eigenvalue weighted by molar-refractivity contribution is 0.0989. The molecule has 2 aromatic carbocycles. The Morgan fingerprint density at radius 2 is 1.62 bits per heavy atom. The molecule has 2 rings (SSSR count). The van der Waals surface area contributed by atoms with E-state index in [1.807, 2.05) is 6.07 Å². The number of carbonyl (C=O) groups excluding carboxylic acids is 1. The van der Waals surface area contributed by atoms with Crippen LogP contribution >= 0.6 is 0 Å². The second-order valence-corrected chi connectivity index (χ2v) is 6.64. The molecule has 0 aliphatic carbocycles. The van der Waals surface area contributed by atoms with Crippen molar-refractivity contribution in [3.63, 3.8) is 0 Å². The molecule has 0 atom stereocenters. The minimum absolute atomic E-state index is 0.0294. The van der Waals surface area contributed by atoms with Crippen molar-refractivity contribution in [1.29, 1.82) is 0 Å². The summed E-state index contributed by atoms with van der Waals surface area (Å²) in [5, 5.41) is 0. The number of benzene rings is 2. The largest absolute Gasteiger partial charge is 0.497 e. The van der Waals surface area contributed by atoms with Crippen LogP contribution in [0.4, 0.5) is 0 Å². The summed E-state index contributed by atoms with van der Waals surface area (Å²) in [4.78, 5) is 12.1. The summed E-state index contributed by atoms with van der Waals surface area (Å²) in [5.41, 5.74) is 0.530. The molecule has 0 radical (unpaired) electrons. The van der Waals surface area contributed by atoms with Crippen LogP contribution in [-0.4, -0.2) is 27.1 Å². The van der Waals surface area contributed by atoms with Gasteiger partial charge in [0.05, 0.1) is 17.8 Å². The summed E-state index contributed by atoms with van der Waals surface area (Å²) in [6, 6.07) is 14.8. The Morgan fingerprint density at radius 3 is 2.19 bits per heavy atom. The summed E-state index contributed by atoms with van der Waals surface area (Å²) in [5.74, 6) is 0.217. The average molecular weight is 304 g/mol. The molecule has 21 heavy (non-hydrogen) atoms. The molecule has 5 heteroatoms. The Labute approximate surface area is 124 Å². The molecule has 0 saturated carbocycles. The highest BCUT2D eigenvalue weighted by Gasteiger charge is 2.17. The first-order valence-corrected chi connectivity index (χ1v) is 8.13. The van der Waals surface area contributed by atoms with E-state index in [1.165, 1.54) is 19.2 Å². The van der Waals surface area contributed by atoms with Crippen LogP contribution in [0.3, 0.4) is 0 Å². The normalized spacial score (nSPS) is 11.1. The average Bonchev–Trinajstić information content (AvgIpc) is 2.53. The lowest BCUT2D eigenvalue weighted by atomic mass is 10.1. The molecule has 0 fully saturated rings. The third-order valence-corrected chi connectivity index (χ3v) is 4.84. The highest BCUT2D eigenvalue weighted by Crippen LogP contribution is 2.17. The zero-order chi connectivity index (χ0) is 15.3. The minimum atomic E-state index is -3.46. The van der Waals surface area contributed by atoms with Crippen molar-refractivity contribution in [2.45, 2.75) is 11.3 Å². The topological polar surface area (TPSA) is 60.4 Å². The maximum absolute atomic E-state index is 12.2. The fourth-order valence-corrected chi connectivity index (χ4v) is 3.14. The maximum Gasteiger partial charge on any atom is 0.178 e. The van der Waals surface area contributed by atoms with Gasteiger partial charge in [0.15, 0.2) is 15.6 Å². The standard InChI is InChI=1S/C16H16O4S/c1-20-14-7-9-15(10-8-14)21(18,19)12-11-16(17)13-5-3-2-4-6-13/h2-10H,11-12H2,1H3. The number of ether oxygens (including phenoxy) is 1. The Hall–Kier alpha value is -2.14. The van der Waals surface area contributed by atoms with Crippen LogP contribution < -0.4 is 4.74 Å². The van der Waals surface area contributed by atoms with E-state index in [9.17, 15) is 13.2 Å². The van der Waals surface area contributed by atoms with E-state index >= 15 is 0 Å². The van der Waals surface area contributed by atoms with Gasteiger partial charge >= 0.3 is 0 Å². The Kier molecular flexibility index (Phi) is 4.75. The molecule has 0 heterocycles. The lowest BCUT2D eigenvalue weighted by Gasteiger charge is -2.05. The highest BCUT2D eigenvalue weighted by atomic mass is 32.2. The van der Waals surface area contributed by atoms with Crippen LogP contribution in [-0.2, 0) is 9.84 Å². The number of methoxy groups -OCH3 is 1. The van der Waals surface area contributed by atoms with Gasteiger partial charge in [-0.05, 0) is 24.3 Å². The van der Waals surface area contributed by atoms with Crippen LogP contribution in [0.25, 0.3) is 0 Å². The maximum atomic E-state index is 12.2. The first kappa shape index (κ1) is 15.3. The van der Waals surface area contributed by atoms with E-state index in [0.29, 0.717) is 11.3 Å². The molecule has 0 aliphatic heterocycles. The monoisotopic (exact) mass is 304 g/mol. The van der Waals surface area contributed by atoms with Crippen molar-refractivity contribution in [1.82, 2.24) is 0 Å². The molecule has 0 spiro atoms. The molecule has 0 aliphatic rings. The SMILES string of the molecule is COc1ccc(S(=O)(=O)CCC(=O)c2ccccc2)cc1. The number of hydrogen-bond donors (Lipinski definition) is 0. The number of carbonyl (C=O) groups is 1. The fraction of sp³-hybridized carbons (Fsp3) is 0.188. The predicted octanol–water partition coefficient (Wildman–Crippen LogP) is 2.74. The molecule has 0 unspecified atom stereocenters. The number of rotatable bonds is 6. The van der Waals surface area contributed by atoms with Gasteiger partial charge in [-0.2, -0.15) is 0 Å². The van der Waals surface area contributed by atoms with Gasteiger partial charge in [-0.1, -0.05) is 30.3 Å². The third kappa shape index (κ3) is 3.92. The van der Waals surface area contributed by atoms with Gasteiger partial charge in [0, 0.05) is 12.0 Å². The van der Waals surface area contributed by atoms with Crippen LogP contribution in [0.1, 0.15) is 16.8 Å². The van der Waals surface area contributed by atoms with E-state index in [4.69, 9.17) is 4.74 Å². The second kappa shape index (κ2) is 6.54. The fourth-order valence-electron chi connectivity index (χ4n) is 1.90. The molecule has 0 bridgehead atoms. The number of sulfone groups is 1. The van der Waals surface area contributed by atoms with Crippen molar-refractivity contribution in [3.05, 3.63) is 60.2 Å². The van der Waals surface area contributed by atoms with Crippen LogP contribution in [0.5, 0.6) is 5.75 Å². The summed E-state index contributed by atoms with van der Waals surface area (Å²) < 4.78 is 29.3. The first-order valence-electron chi connectivity index (χ1n) is 6.48. The molecule has 0 saturated heterocycles. The third-order valence-electron chi connectivity index (χ3n) is 3.11. The van der Waals surface area contributed by atoms with Crippen molar-refractivity contribution < 1.29 is 17.9 Å². The summed E-state index contributed by atoms with van der Waals surface area (Å²) >= 11 is 0. The van der Waals surface area contributed by atoms with Gasteiger partial charge in [-0.25, -0.2) is 8.42 Å². The van der Waals surface area contributed by atoms with Crippen LogP contribution in [0.15, 0.2) is 59.5 Å². The van der Waals surface area contributed by atoms with E-state index in [0.717, 1.165) is 0 Å². The summed E-state index contributed by atoms with van der Waals surface area (Å²) in [6.07, 6.45) is -0.0294. The molecule has 0 N–H and O–H groups in total. The number of hydrogen-bond acceptors (Lipinski definition) is 4. The van der Waals surface area contributed by atoms with Gasteiger partial charge in [-0.3, -0.25) is 4.79 Å². The minimum Gasteiger partial charge on any atom is -0.497 e. The molecular formula is C16H16O4S. The Bertz CT molecular complexity index is 704. The van der Waals surface area contributed by atoms with Gasteiger partial charge < -0.3 is 4.74 Å². The zero-order valence-corrected chi connectivity index (χ0v) is 12.5. The lowest BCUT2D eigenvalue weighted by Crippen LogP contribution is -2.11. The molecule has 0 aromatic heterocycles. The smallest absolute Gasteiger partial charge is 0.178 e. The summed E-state index contributed by atoms with van der Waals surface area (Å²) in [6.45, 7) is 0. The van der Waals surface area contributed by atoms with E-state index in [-0.39, 0.29) is 22.9 Å². The number of ketones is 1. The van der Waals surface area contributed by atoms with Crippen molar-refractivity contribution in [2.75, 3.05) is 12.9 Å².